The van der Waals surface area contributed by atoms with Crippen LogP contribution in [0, 0.1) is 5.82 Å². The number of methoxy groups -OCH3 is 2. The molecule has 252 valence electrons. The van der Waals surface area contributed by atoms with E-state index in [1.807, 2.05) is 51.9 Å². The molecule has 2 aromatic heterocycles. The zero-order valence-electron chi connectivity index (χ0n) is 26.8. The summed E-state index contributed by atoms with van der Waals surface area (Å²) in [5, 5.41) is 19.1. The number of hydrogen-bond acceptors (Lipinski definition) is 9. The lowest BCUT2D eigenvalue weighted by Crippen LogP contribution is -2.49. The molecular weight excluding hydrogens is 651 g/mol. The molecule has 5 aromatic rings. The number of aromatic carboxylic acids is 1. The molecule has 1 N–H and O–H groups in total. The highest BCUT2D eigenvalue weighted by Gasteiger charge is 2.29. The van der Waals surface area contributed by atoms with E-state index in [9.17, 15) is 19.5 Å². The van der Waals surface area contributed by atoms with Gasteiger partial charge in [0, 0.05) is 55.1 Å². The minimum atomic E-state index is -1.33. The number of piperazine rings is 1. The Morgan fingerprint density at radius 3 is 2.37 bits per heavy atom. The normalized spacial score (nSPS) is 14.7. The van der Waals surface area contributed by atoms with Crippen LogP contribution in [0.5, 0.6) is 11.5 Å². The molecular formula is C35H33FN6O6S. The van der Waals surface area contributed by atoms with Gasteiger partial charge in [-0.05, 0) is 55.3 Å². The third kappa shape index (κ3) is 6.19. The number of carboxylic acids is 1. The lowest BCUT2D eigenvalue weighted by molar-refractivity contribution is -0.128. The Bertz CT molecular complexity index is 2130. The van der Waals surface area contributed by atoms with Crippen LogP contribution < -0.4 is 19.8 Å². The summed E-state index contributed by atoms with van der Waals surface area (Å²) in [6.45, 7) is 1.55. The molecule has 2 aliphatic rings. The van der Waals surface area contributed by atoms with Crippen molar-refractivity contribution in [2.75, 3.05) is 51.1 Å². The van der Waals surface area contributed by atoms with Crippen LogP contribution in [0.4, 0.5) is 10.1 Å². The third-order valence-corrected chi connectivity index (χ3v) is 9.77. The van der Waals surface area contributed by atoms with E-state index in [0.29, 0.717) is 59.9 Å². The Hall–Kier alpha value is -5.37. The van der Waals surface area contributed by atoms with Crippen molar-refractivity contribution in [1.82, 2.24) is 24.2 Å². The van der Waals surface area contributed by atoms with Gasteiger partial charge in [0.2, 0.25) is 11.3 Å². The topological polar surface area (TPSA) is 132 Å². The van der Waals surface area contributed by atoms with Crippen molar-refractivity contribution in [3.05, 3.63) is 88.5 Å². The summed E-state index contributed by atoms with van der Waals surface area (Å²) >= 11 is 1.29. The maximum absolute atomic E-state index is 15.5. The van der Waals surface area contributed by atoms with Gasteiger partial charge in [0.1, 0.15) is 11.4 Å². The highest BCUT2D eigenvalue weighted by Crippen LogP contribution is 2.38. The van der Waals surface area contributed by atoms with Crippen LogP contribution in [0.3, 0.4) is 0 Å². The van der Waals surface area contributed by atoms with E-state index in [1.165, 1.54) is 18.0 Å². The Labute approximate surface area is 284 Å². The molecule has 1 amide bonds. The fourth-order valence-corrected chi connectivity index (χ4v) is 7.01. The number of carboxylic acid groups (broad SMARTS) is 1. The number of aromatic nitrogens is 4. The molecule has 7 rings (SSSR count). The average Bonchev–Trinajstić information content (AvgIpc) is 3.88. The summed E-state index contributed by atoms with van der Waals surface area (Å²) in [4.78, 5) is 41.6. The Kier molecular flexibility index (Phi) is 8.71. The second-order valence-electron chi connectivity index (χ2n) is 11.8. The highest BCUT2D eigenvalue weighted by atomic mass is 32.2. The molecule has 14 heteroatoms. The van der Waals surface area contributed by atoms with E-state index in [1.54, 1.807) is 35.8 Å². The molecule has 0 bridgehead atoms. The maximum atomic E-state index is 15.5. The predicted molar refractivity (Wildman–Crippen MR) is 183 cm³/mol. The number of anilines is 1. The predicted octanol–water partition coefficient (Wildman–Crippen LogP) is 4.88. The van der Waals surface area contributed by atoms with Crippen LogP contribution in [-0.2, 0) is 4.79 Å². The van der Waals surface area contributed by atoms with Gasteiger partial charge >= 0.3 is 5.97 Å². The van der Waals surface area contributed by atoms with Crippen LogP contribution in [-0.4, -0.2) is 87.4 Å². The number of carbonyl (C=O) groups excluding carboxylic acids is 1. The number of fused-ring (bicyclic) bond motifs is 1. The first-order valence-electron chi connectivity index (χ1n) is 15.8. The van der Waals surface area contributed by atoms with Gasteiger partial charge in [-0.1, -0.05) is 30.0 Å². The quantitative estimate of drug-likeness (QED) is 0.203. The molecule has 2 fully saturated rings. The number of pyridine rings is 1. The highest BCUT2D eigenvalue weighted by molar-refractivity contribution is 7.99. The van der Waals surface area contributed by atoms with Gasteiger partial charge in [-0.15, -0.1) is 10.2 Å². The van der Waals surface area contributed by atoms with E-state index in [2.05, 4.69) is 10.2 Å². The van der Waals surface area contributed by atoms with E-state index in [0.717, 1.165) is 30.2 Å². The van der Waals surface area contributed by atoms with E-state index in [4.69, 9.17) is 9.47 Å². The van der Waals surface area contributed by atoms with Gasteiger partial charge in [-0.25, -0.2) is 9.18 Å². The third-order valence-electron chi connectivity index (χ3n) is 8.86. The van der Waals surface area contributed by atoms with Gasteiger partial charge < -0.3 is 28.9 Å². The molecule has 1 saturated heterocycles. The number of hydrogen-bond donors (Lipinski definition) is 1. The fourth-order valence-electron chi connectivity index (χ4n) is 6.16. The van der Waals surface area contributed by atoms with Crippen molar-refractivity contribution in [3.8, 4) is 28.6 Å². The number of halogens is 1. The average molecular weight is 685 g/mol. The number of benzene rings is 3. The summed E-state index contributed by atoms with van der Waals surface area (Å²) in [6, 6.07) is 18.0. The van der Waals surface area contributed by atoms with Crippen molar-refractivity contribution in [2.24, 2.45) is 0 Å². The first-order valence-corrected chi connectivity index (χ1v) is 16.8. The number of thioether (sulfide) groups is 1. The van der Waals surface area contributed by atoms with Gasteiger partial charge in [0.05, 0.1) is 31.2 Å². The smallest absolute Gasteiger partial charge is 0.341 e. The molecule has 1 aliphatic carbocycles. The van der Waals surface area contributed by atoms with Crippen LogP contribution in [0.2, 0.25) is 0 Å². The lowest BCUT2D eigenvalue weighted by atomic mass is 10.1. The van der Waals surface area contributed by atoms with Crippen molar-refractivity contribution >= 4 is 40.2 Å². The molecule has 1 aliphatic heterocycles. The number of nitrogens with zero attached hydrogens (tertiary/aromatic N) is 6. The number of amides is 1. The first-order chi connectivity index (χ1) is 23.8. The van der Waals surface area contributed by atoms with Gasteiger partial charge in [-0.3, -0.25) is 14.2 Å². The van der Waals surface area contributed by atoms with Gasteiger partial charge in [0.25, 0.3) is 0 Å². The number of carbonyl (C=O) groups is 2. The summed E-state index contributed by atoms with van der Waals surface area (Å²) < 4.78 is 30.0. The van der Waals surface area contributed by atoms with Crippen LogP contribution in [0.15, 0.2) is 76.8 Å². The molecule has 0 spiro atoms. The van der Waals surface area contributed by atoms with Crippen molar-refractivity contribution in [2.45, 2.75) is 24.0 Å². The molecule has 0 radical (unpaired) electrons. The summed E-state index contributed by atoms with van der Waals surface area (Å²) in [5.74, 6) is -0.158. The Balaban J connectivity index is 1.07. The standard InChI is InChI=1S/C35H33FN6O6S/c1-47-29-11-8-21(16-30(29)48-2)33-37-38-35(42(33)23-6-4-3-5-7-23)49-20-31(43)40-14-12-39(13-15-40)28-18-27-24(17-26(28)36)32(44)25(34(45)46)19-41(27)22-9-10-22/h3-8,11,16-19,22H,9-10,12-15,20H2,1-2H3,(H,45,46). The minimum Gasteiger partial charge on any atom is -0.493 e. The molecule has 3 aromatic carbocycles. The van der Waals surface area contributed by atoms with E-state index < -0.39 is 17.2 Å². The van der Waals surface area contributed by atoms with Crippen LogP contribution in [0.1, 0.15) is 29.2 Å². The Morgan fingerprint density at radius 2 is 1.69 bits per heavy atom. The fraction of sp³-hybridized carbons (Fsp3) is 0.286. The monoisotopic (exact) mass is 684 g/mol. The van der Waals surface area contributed by atoms with E-state index in [-0.39, 0.29) is 28.7 Å². The second kappa shape index (κ2) is 13.3. The minimum absolute atomic E-state index is 0.0523. The van der Waals surface area contributed by atoms with Crippen molar-refractivity contribution in [1.29, 1.82) is 0 Å². The summed E-state index contributed by atoms with van der Waals surface area (Å²) in [6.07, 6.45) is 3.10. The van der Waals surface area contributed by atoms with Gasteiger partial charge in [0.15, 0.2) is 22.5 Å². The molecule has 0 atom stereocenters. The van der Waals surface area contributed by atoms with E-state index >= 15 is 4.39 Å². The zero-order chi connectivity index (χ0) is 34.2. The van der Waals surface area contributed by atoms with Crippen LogP contribution >= 0.6 is 11.8 Å². The number of para-hydroxylation sites is 1. The zero-order valence-corrected chi connectivity index (χ0v) is 27.7. The number of rotatable bonds is 10. The Morgan fingerprint density at radius 1 is 0.959 bits per heavy atom. The lowest BCUT2D eigenvalue weighted by Gasteiger charge is -2.36. The molecule has 12 nitrogen and oxygen atoms in total. The maximum Gasteiger partial charge on any atom is 0.341 e. The number of ether oxygens (including phenoxy) is 2. The molecule has 1 saturated carbocycles. The molecule has 3 heterocycles. The summed E-state index contributed by atoms with van der Waals surface area (Å²) in [5.41, 5.74) is 1.38. The van der Waals surface area contributed by atoms with Crippen molar-refractivity contribution < 1.29 is 28.6 Å². The molecule has 49 heavy (non-hydrogen) atoms. The largest absolute Gasteiger partial charge is 0.493 e. The second-order valence-corrected chi connectivity index (χ2v) is 12.8. The first kappa shape index (κ1) is 32.2. The van der Waals surface area contributed by atoms with Gasteiger partial charge in [-0.2, -0.15) is 0 Å². The van der Waals surface area contributed by atoms with Crippen LogP contribution in [0.25, 0.3) is 28.0 Å². The SMILES string of the molecule is COc1ccc(-c2nnc(SCC(=O)N3CCN(c4cc5c(cc4F)c(=O)c(C(=O)O)cn5C4CC4)CC3)n2-c2ccccc2)cc1OC. The summed E-state index contributed by atoms with van der Waals surface area (Å²) in [7, 11) is 3.14. The van der Waals surface area contributed by atoms with Crippen molar-refractivity contribution in [3.63, 3.8) is 0 Å². The molecule has 0 unspecified atom stereocenters.